The predicted molar refractivity (Wildman–Crippen MR) is 61.4 cm³/mol. The van der Waals surface area contributed by atoms with Gasteiger partial charge in [-0.1, -0.05) is 11.6 Å². The maximum atomic E-state index is 5.79. The lowest BCUT2D eigenvalue weighted by Gasteiger charge is -2.26. The van der Waals surface area contributed by atoms with Crippen LogP contribution in [0.3, 0.4) is 0 Å². The second-order valence-corrected chi connectivity index (χ2v) is 4.79. The number of anilines is 1. The molecule has 0 spiro atoms. The lowest BCUT2D eigenvalue weighted by Crippen LogP contribution is -2.39. The first kappa shape index (κ1) is 9.43. The Morgan fingerprint density at radius 2 is 2.33 bits per heavy atom. The Hall–Kier alpha value is -0.800. The van der Waals surface area contributed by atoms with Gasteiger partial charge < -0.3 is 10.2 Å². The number of piperidine rings is 1. The van der Waals surface area contributed by atoms with Crippen molar-refractivity contribution in [3.63, 3.8) is 0 Å². The highest BCUT2D eigenvalue weighted by Crippen LogP contribution is 2.30. The number of nitrogens with zero attached hydrogens (tertiary/aromatic N) is 2. The molecule has 0 aliphatic carbocycles. The van der Waals surface area contributed by atoms with E-state index in [2.05, 4.69) is 21.3 Å². The van der Waals surface area contributed by atoms with Crippen molar-refractivity contribution in [2.75, 3.05) is 24.5 Å². The van der Waals surface area contributed by atoms with Crippen LogP contribution in [0.5, 0.6) is 0 Å². The molecular formula is C11H14ClN3. The Kier molecular flexibility index (Phi) is 2.29. The fraction of sp³-hybridized carbons (Fsp3) is 0.545. The van der Waals surface area contributed by atoms with Gasteiger partial charge in [-0.2, -0.15) is 0 Å². The van der Waals surface area contributed by atoms with Crippen LogP contribution in [-0.4, -0.2) is 30.7 Å². The molecule has 0 amide bonds. The van der Waals surface area contributed by atoms with Crippen LogP contribution in [0.25, 0.3) is 0 Å². The Labute approximate surface area is 94.4 Å². The Morgan fingerprint density at radius 3 is 3.07 bits per heavy atom. The van der Waals surface area contributed by atoms with Crippen molar-refractivity contribution in [2.24, 2.45) is 5.92 Å². The molecule has 2 bridgehead atoms. The number of hydrogen-bond donors (Lipinski definition) is 1. The van der Waals surface area contributed by atoms with Crippen LogP contribution in [0, 0.1) is 5.92 Å². The smallest absolute Gasteiger partial charge is 0.129 e. The molecule has 2 aliphatic heterocycles. The summed E-state index contributed by atoms with van der Waals surface area (Å²) < 4.78 is 0. The van der Waals surface area contributed by atoms with Crippen molar-refractivity contribution in [1.29, 1.82) is 0 Å². The second-order valence-electron chi connectivity index (χ2n) is 4.41. The van der Waals surface area contributed by atoms with Crippen molar-refractivity contribution in [1.82, 2.24) is 10.3 Å². The van der Waals surface area contributed by atoms with Gasteiger partial charge in [-0.15, -0.1) is 0 Å². The average Bonchev–Trinajstić information content (AvgIpc) is 2.55. The van der Waals surface area contributed by atoms with E-state index in [1.165, 1.54) is 12.1 Å². The third kappa shape index (κ3) is 1.70. The molecule has 2 saturated heterocycles. The van der Waals surface area contributed by atoms with Crippen LogP contribution < -0.4 is 10.2 Å². The minimum atomic E-state index is 0.569. The van der Waals surface area contributed by atoms with Gasteiger partial charge in [0.1, 0.15) is 5.15 Å². The zero-order valence-electron chi connectivity index (χ0n) is 8.49. The van der Waals surface area contributed by atoms with E-state index in [0.29, 0.717) is 11.2 Å². The van der Waals surface area contributed by atoms with Gasteiger partial charge in [0.25, 0.3) is 0 Å². The molecule has 80 valence electrons. The highest BCUT2D eigenvalue weighted by Gasteiger charge is 2.35. The van der Waals surface area contributed by atoms with Gasteiger partial charge in [-0.25, -0.2) is 4.98 Å². The standard InChI is InChI=1S/C11H14ClN3/c12-11-2-1-9(6-14-11)15-7-8-3-10(15)5-13-4-8/h1-2,6,8,10,13H,3-5,7H2/t8-,10-/m0/s1. The van der Waals surface area contributed by atoms with Crippen LogP contribution in [0.15, 0.2) is 18.3 Å². The highest BCUT2D eigenvalue weighted by molar-refractivity contribution is 6.29. The van der Waals surface area contributed by atoms with Gasteiger partial charge in [0.05, 0.1) is 11.9 Å². The largest absolute Gasteiger partial charge is 0.366 e. The SMILES string of the molecule is Clc1ccc(N2C[C@@H]3CNC[C@@H]2C3)cn1. The molecule has 3 nitrogen and oxygen atoms in total. The molecule has 3 heterocycles. The first-order valence-corrected chi connectivity index (χ1v) is 5.79. The lowest BCUT2D eigenvalue weighted by molar-refractivity contribution is 0.434. The number of fused-ring (bicyclic) bond motifs is 2. The predicted octanol–water partition coefficient (Wildman–Crippen LogP) is 1.53. The Bertz CT molecular complexity index is 351. The van der Waals surface area contributed by atoms with Crippen LogP contribution in [0.4, 0.5) is 5.69 Å². The summed E-state index contributed by atoms with van der Waals surface area (Å²) in [5, 5.41) is 4.04. The molecule has 2 aliphatic rings. The second kappa shape index (κ2) is 3.65. The number of hydrogen-bond acceptors (Lipinski definition) is 3. The summed E-state index contributed by atoms with van der Waals surface area (Å²) in [5.74, 6) is 0.805. The summed E-state index contributed by atoms with van der Waals surface area (Å²) in [6, 6.07) is 4.58. The van der Waals surface area contributed by atoms with Crippen molar-refractivity contribution < 1.29 is 0 Å². The molecule has 2 atom stereocenters. The Balaban J connectivity index is 1.85. The highest BCUT2D eigenvalue weighted by atomic mass is 35.5. The van der Waals surface area contributed by atoms with Gasteiger partial charge >= 0.3 is 0 Å². The third-order valence-corrected chi connectivity index (χ3v) is 3.58. The molecule has 1 N–H and O–H groups in total. The maximum absolute atomic E-state index is 5.79. The third-order valence-electron chi connectivity index (χ3n) is 3.36. The van der Waals surface area contributed by atoms with Gasteiger partial charge in [0, 0.05) is 19.1 Å². The monoisotopic (exact) mass is 223 g/mol. The minimum Gasteiger partial charge on any atom is -0.366 e. The van der Waals surface area contributed by atoms with Gasteiger partial charge in [-0.05, 0) is 31.0 Å². The van der Waals surface area contributed by atoms with Crippen LogP contribution in [0.1, 0.15) is 6.42 Å². The summed E-state index contributed by atoms with van der Waals surface area (Å²) in [5.41, 5.74) is 1.20. The van der Waals surface area contributed by atoms with E-state index in [-0.39, 0.29) is 0 Å². The molecule has 15 heavy (non-hydrogen) atoms. The summed E-state index contributed by atoms with van der Waals surface area (Å²) in [6.07, 6.45) is 3.19. The molecule has 4 heteroatoms. The van der Waals surface area contributed by atoms with E-state index >= 15 is 0 Å². The molecule has 3 rings (SSSR count). The fourth-order valence-corrected chi connectivity index (χ4v) is 2.78. The number of pyridine rings is 1. The number of aromatic nitrogens is 1. The number of nitrogens with one attached hydrogen (secondary N) is 1. The fourth-order valence-electron chi connectivity index (χ4n) is 2.66. The molecule has 0 unspecified atom stereocenters. The van der Waals surface area contributed by atoms with E-state index in [4.69, 9.17) is 11.6 Å². The van der Waals surface area contributed by atoms with Crippen LogP contribution in [0.2, 0.25) is 5.15 Å². The van der Waals surface area contributed by atoms with E-state index in [1.54, 1.807) is 0 Å². The zero-order chi connectivity index (χ0) is 10.3. The minimum absolute atomic E-state index is 0.569. The molecule has 1 aromatic rings. The lowest BCUT2D eigenvalue weighted by atomic mass is 10.0. The molecule has 0 radical (unpaired) electrons. The normalized spacial score (nSPS) is 29.5. The van der Waals surface area contributed by atoms with Gasteiger partial charge in [0.15, 0.2) is 0 Å². The number of halogens is 1. The molecule has 1 aromatic heterocycles. The van der Waals surface area contributed by atoms with E-state index in [1.807, 2.05) is 12.3 Å². The summed E-state index contributed by atoms with van der Waals surface area (Å²) in [4.78, 5) is 6.59. The topological polar surface area (TPSA) is 28.2 Å². The number of rotatable bonds is 1. The average molecular weight is 224 g/mol. The summed E-state index contributed by atoms with van der Waals surface area (Å²) >= 11 is 5.79. The van der Waals surface area contributed by atoms with Crippen LogP contribution >= 0.6 is 11.6 Å². The van der Waals surface area contributed by atoms with Crippen LogP contribution in [-0.2, 0) is 0 Å². The van der Waals surface area contributed by atoms with Crippen molar-refractivity contribution >= 4 is 17.3 Å². The first-order chi connectivity index (χ1) is 7.33. The van der Waals surface area contributed by atoms with E-state index < -0.39 is 0 Å². The Morgan fingerprint density at radius 1 is 1.40 bits per heavy atom. The summed E-state index contributed by atoms with van der Waals surface area (Å²) in [7, 11) is 0. The molecule has 0 aromatic carbocycles. The van der Waals surface area contributed by atoms with Gasteiger partial charge in [0.2, 0.25) is 0 Å². The molecule has 0 saturated carbocycles. The van der Waals surface area contributed by atoms with Crippen molar-refractivity contribution in [3.05, 3.63) is 23.5 Å². The molecule has 2 fully saturated rings. The zero-order valence-corrected chi connectivity index (χ0v) is 9.24. The quantitative estimate of drug-likeness (QED) is 0.732. The van der Waals surface area contributed by atoms with E-state index in [0.717, 1.165) is 25.6 Å². The summed E-state index contributed by atoms with van der Waals surface area (Å²) in [6.45, 7) is 3.41. The maximum Gasteiger partial charge on any atom is 0.129 e. The van der Waals surface area contributed by atoms with Crippen molar-refractivity contribution in [2.45, 2.75) is 12.5 Å². The van der Waals surface area contributed by atoms with Crippen molar-refractivity contribution in [3.8, 4) is 0 Å². The molecular weight excluding hydrogens is 210 g/mol. The van der Waals surface area contributed by atoms with E-state index in [9.17, 15) is 0 Å². The van der Waals surface area contributed by atoms with Gasteiger partial charge in [-0.3, -0.25) is 0 Å². The first-order valence-electron chi connectivity index (χ1n) is 5.42.